The Hall–Kier alpha value is 0. The van der Waals surface area contributed by atoms with Crippen molar-refractivity contribution >= 4 is 0 Å². The van der Waals surface area contributed by atoms with Crippen LogP contribution in [-0.2, 0) is 0 Å². The molecule has 116 valence electrons. The second-order valence-electron chi connectivity index (χ2n) is 3.91. The van der Waals surface area contributed by atoms with Gasteiger partial charge >= 0.3 is 0 Å². The Morgan fingerprint density at radius 1 is 0.556 bits per heavy atom. The van der Waals surface area contributed by atoms with Gasteiger partial charge in [0.2, 0.25) is 0 Å². The molecule has 0 bridgehead atoms. The van der Waals surface area contributed by atoms with Crippen molar-refractivity contribution in [2.45, 2.75) is 114 Å². The third kappa shape index (κ3) is 29.8. The van der Waals surface area contributed by atoms with Gasteiger partial charge < -0.3 is 0 Å². The van der Waals surface area contributed by atoms with Crippen LogP contribution in [0.25, 0.3) is 0 Å². The van der Waals surface area contributed by atoms with Crippen molar-refractivity contribution in [1.29, 1.82) is 0 Å². The second-order valence-corrected chi connectivity index (χ2v) is 3.91. The van der Waals surface area contributed by atoms with Crippen molar-refractivity contribution in [3.05, 3.63) is 0 Å². The lowest BCUT2D eigenvalue weighted by Crippen LogP contribution is -1.98. The Kier molecular flexibility index (Phi) is 53.0. The Morgan fingerprint density at radius 3 is 1.28 bits per heavy atom. The minimum absolute atomic E-state index is 1.02. The average Bonchev–Trinajstić information content (AvgIpc) is 2.49. The van der Waals surface area contributed by atoms with E-state index in [0.29, 0.717) is 0 Å². The largest absolute Gasteiger partial charge is 0.0683 e. The van der Waals surface area contributed by atoms with Gasteiger partial charge in [0.25, 0.3) is 0 Å². The minimum Gasteiger partial charge on any atom is -0.0683 e. The van der Waals surface area contributed by atoms with Gasteiger partial charge in [-0.15, -0.1) is 0 Å². The van der Waals surface area contributed by atoms with Gasteiger partial charge in [-0.25, -0.2) is 0 Å². The molecule has 18 heavy (non-hydrogen) atoms. The quantitative estimate of drug-likeness (QED) is 0.390. The molecule has 0 aliphatic heterocycles. The number of unbranched alkanes of at least 4 members (excludes halogenated alkanes) is 3. The highest BCUT2D eigenvalue weighted by Gasteiger charge is 2.04. The van der Waals surface area contributed by atoms with Crippen LogP contribution in [0.4, 0.5) is 0 Å². The van der Waals surface area contributed by atoms with E-state index >= 15 is 0 Å². The summed E-state index contributed by atoms with van der Waals surface area (Å²) in [5, 5.41) is 0. The maximum absolute atomic E-state index is 2.34. The summed E-state index contributed by atoms with van der Waals surface area (Å²) in [4.78, 5) is 0. The van der Waals surface area contributed by atoms with Crippen LogP contribution in [0.1, 0.15) is 114 Å². The molecule has 0 spiro atoms. The van der Waals surface area contributed by atoms with Gasteiger partial charge in [-0.1, -0.05) is 114 Å². The van der Waals surface area contributed by atoms with Crippen LogP contribution < -0.4 is 0 Å². The van der Waals surface area contributed by atoms with E-state index in [1.54, 1.807) is 0 Å². The minimum atomic E-state index is 1.02. The molecule has 1 atom stereocenters. The van der Waals surface area contributed by atoms with Crippen LogP contribution >= 0.6 is 0 Å². The third-order valence-corrected chi connectivity index (χ3v) is 2.76. The first-order valence-electron chi connectivity index (χ1n) is 8.85. The van der Waals surface area contributed by atoms with Crippen LogP contribution in [0.2, 0.25) is 0 Å². The molecule has 0 heteroatoms. The molecule has 0 aromatic carbocycles. The molecule has 0 nitrogen and oxygen atoms in total. The van der Waals surface area contributed by atoms with Gasteiger partial charge in [-0.2, -0.15) is 0 Å². The molecule has 0 aliphatic carbocycles. The van der Waals surface area contributed by atoms with E-state index in [2.05, 4.69) is 20.8 Å². The van der Waals surface area contributed by atoms with E-state index in [-0.39, 0.29) is 0 Å². The van der Waals surface area contributed by atoms with E-state index in [4.69, 9.17) is 0 Å². The van der Waals surface area contributed by atoms with Crippen LogP contribution in [-0.4, -0.2) is 0 Å². The predicted molar refractivity (Wildman–Crippen MR) is 91.5 cm³/mol. The molecule has 0 fully saturated rings. The predicted octanol–water partition coefficient (Wildman–Crippen LogP) is 7.86. The van der Waals surface area contributed by atoms with Gasteiger partial charge in [-0.05, 0) is 5.92 Å². The first-order chi connectivity index (χ1) is 8.85. The summed E-state index contributed by atoms with van der Waals surface area (Å²) in [7, 11) is 0. The summed E-state index contributed by atoms with van der Waals surface area (Å²) in [6, 6.07) is 0. The molecule has 1 unspecified atom stereocenters. The molecule has 0 aliphatic rings. The molecule has 0 aromatic heterocycles. The Labute approximate surface area is 120 Å². The van der Waals surface area contributed by atoms with E-state index in [0.717, 1.165) is 5.92 Å². The normalized spacial score (nSPS) is 9.83. The van der Waals surface area contributed by atoms with Crippen molar-refractivity contribution in [2.75, 3.05) is 0 Å². The zero-order valence-corrected chi connectivity index (χ0v) is 15.2. The van der Waals surface area contributed by atoms with Crippen molar-refractivity contribution in [3.63, 3.8) is 0 Å². The monoisotopic (exact) mass is 260 g/mol. The summed E-state index contributed by atoms with van der Waals surface area (Å²) in [5.74, 6) is 1.02. The standard InChI is InChI=1S/C12H26.3C2H6/c1-4-7-9-11-12(6-3)10-8-5-2;3*1-2/h12H,4-11H2,1-3H3;3*1-2H3. The van der Waals surface area contributed by atoms with Gasteiger partial charge in [0.05, 0.1) is 0 Å². The molecule has 0 aromatic rings. The second kappa shape index (κ2) is 36.0. The van der Waals surface area contributed by atoms with Crippen LogP contribution in [0.3, 0.4) is 0 Å². The van der Waals surface area contributed by atoms with Gasteiger partial charge in [-0.3, -0.25) is 0 Å². The fourth-order valence-electron chi connectivity index (χ4n) is 1.73. The van der Waals surface area contributed by atoms with Gasteiger partial charge in [0, 0.05) is 0 Å². The molecule has 0 amide bonds. The maximum Gasteiger partial charge on any atom is -0.0417 e. The van der Waals surface area contributed by atoms with Crippen LogP contribution in [0.15, 0.2) is 0 Å². The highest BCUT2D eigenvalue weighted by Crippen LogP contribution is 2.19. The molecular weight excluding hydrogens is 216 g/mol. The Morgan fingerprint density at radius 2 is 0.944 bits per heavy atom. The summed E-state index contributed by atoms with van der Waals surface area (Å²) in [6.45, 7) is 18.9. The zero-order chi connectivity index (χ0) is 15.2. The van der Waals surface area contributed by atoms with Crippen LogP contribution in [0, 0.1) is 5.92 Å². The first-order valence-corrected chi connectivity index (χ1v) is 8.85. The first kappa shape index (κ1) is 26.5. The molecule has 0 N–H and O–H groups in total. The molecular formula is C18H44. The van der Waals surface area contributed by atoms with E-state index < -0.39 is 0 Å². The van der Waals surface area contributed by atoms with Gasteiger partial charge in [0.15, 0.2) is 0 Å². The Balaban J connectivity index is -0.000000141. The average molecular weight is 261 g/mol. The molecule has 0 saturated carbocycles. The third-order valence-electron chi connectivity index (χ3n) is 2.76. The van der Waals surface area contributed by atoms with Crippen molar-refractivity contribution in [2.24, 2.45) is 5.92 Å². The van der Waals surface area contributed by atoms with E-state index in [1.807, 2.05) is 41.5 Å². The lowest BCUT2D eigenvalue weighted by molar-refractivity contribution is 0.404. The molecule has 0 saturated heterocycles. The van der Waals surface area contributed by atoms with E-state index in [1.165, 1.54) is 51.4 Å². The maximum atomic E-state index is 2.34. The Bertz CT molecular complexity index is 76.1. The van der Waals surface area contributed by atoms with Crippen molar-refractivity contribution in [3.8, 4) is 0 Å². The smallest absolute Gasteiger partial charge is 0.0417 e. The summed E-state index contributed by atoms with van der Waals surface area (Å²) in [6.07, 6.45) is 11.4. The molecule has 0 heterocycles. The summed E-state index contributed by atoms with van der Waals surface area (Å²) < 4.78 is 0. The fourth-order valence-corrected chi connectivity index (χ4v) is 1.73. The highest BCUT2D eigenvalue weighted by atomic mass is 14.1. The number of hydrogen-bond donors (Lipinski definition) is 0. The van der Waals surface area contributed by atoms with E-state index in [9.17, 15) is 0 Å². The van der Waals surface area contributed by atoms with Crippen molar-refractivity contribution < 1.29 is 0 Å². The SMILES string of the molecule is CC.CC.CC.CCCCCC(CC)CCCC. The number of rotatable bonds is 8. The molecule has 0 radical (unpaired) electrons. The highest BCUT2D eigenvalue weighted by molar-refractivity contribution is 4.57. The topological polar surface area (TPSA) is 0 Å². The zero-order valence-electron chi connectivity index (χ0n) is 15.2. The summed E-state index contributed by atoms with van der Waals surface area (Å²) >= 11 is 0. The number of hydrogen-bond acceptors (Lipinski definition) is 0. The fraction of sp³-hybridized carbons (Fsp3) is 1.00. The van der Waals surface area contributed by atoms with Crippen LogP contribution in [0.5, 0.6) is 0 Å². The van der Waals surface area contributed by atoms with Gasteiger partial charge in [0.1, 0.15) is 0 Å². The summed E-state index contributed by atoms with van der Waals surface area (Å²) in [5.41, 5.74) is 0. The molecule has 0 rings (SSSR count). The lowest BCUT2D eigenvalue weighted by atomic mass is 9.93. The van der Waals surface area contributed by atoms with Crippen molar-refractivity contribution in [1.82, 2.24) is 0 Å². The lowest BCUT2D eigenvalue weighted by Gasteiger charge is -2.13.